The molecule has 1 nitrogen and oxygen atoms in total. The average Bonchev–Trinajstić information content (AvgIpc) is 2.36. The highest BCUT2D eigenvalue weighted by atomic mass is 35.5. The minimum Gasteiger partial charge on any atom is -0.293 e. The first kappa shape index (κ1) is 13.5. The summed E-state index contributed by atoms with van der Waals surface area (Å²) in [5, 5.41) is 1.25. The average molecular weight is 297 g/mol. The lowest BCUT2D eigenvalue weighted by atomic mass is 10.1. The van der Waals surface area contributed by atoms with Gasteiger partial charge >= 0.3 is 0 Å². The van der Waals surface area contributed by atoms with Gasteiger partial charge < -0.3 is 0 Å². The highest BCUT2D eigenvalue weighted by Crippen LogP contribution is 2.23. The molecule has 2 aromatic rings. The largest absolute Gasteiger partial charge is 0.293 e. The van der Waals surface area contributed by atoms with E-state index in [1.807, 2.05) is 24.3 Å². The first-order valence-electron chi connectivity index (χ1n) is 5.32. The molecule has 4 heteroatoms. The second-order valence-electron chi connectivity index (χ2n) is 3.68. The molecule has 0 radical (unpaired) electrons. The summed E-state index contributed by atoms with van der Waals surface area (Å²) in [5.74, 6) is 0.434. The number of Topliss-reactive ketones (excluding diaryl/α,β-unsaturated/α-hetero) is 1. The Hall–Kier alpha value is -0.960. The zero-order chi connectivity index (χ0) is 13.0. The predicted octanol–water partition coefficient (Wildman–Crippen LogP) is 4.97. The fraction of sp³-hybridized carbons (Fsp3) is 0.0714. The van der Waals surface area contributed by atoms with Gasteiger partial charge in [-0.15, -0.1) is 11.8 Å². The van der Waals surface area contributed by atoms with Crippen molar-refractivity contribution in [1.82, 2.24) is 0 Å². The normalized spacial score (nSPS) is 10.3. The lowest BCUT2D eigenvalue weighted by Gasteiger charge is -2.02. The van der Waals surface area contributed by atoms with Crippen LogP contribution in [0.15, 0.2) is 53.4 Å². The first-order valence-corrected chi connectivity index (χ1v) is 7.06. The van der Waals surface area contributed by atoms with E-state index in [9.17, 15) is 4.79 Å². The smallest absolute Gasteiger partial charge is 0.173 e. The molecule has 0 aliphatic carbocycles. The molecular weight excluding hydrogens is 287 g/mol. The van der Waals surface area contributed by atoms with E-state index in [2.05, 4.69) is 0 Å². The number of hydrogen-bond acceptors (Lipinski definition) is 2. The van der Waals surface area contributed by atoms with Crippen molar-refractivity contribution < 1.29 is 4.79 Å². The molecule has 0 aliphatic heterocycles. The van der Waals surface area contributed by atoms with Gasteiger partial charge in [0.15, 0.2) is 5.78 Å². The Morgan fingerprint density at radius 3 is 2.33 bits per heavy atom. The lowest BCUT2D eigenvalue weighted by Crippen LogP contribution is -2.01. The summed E-state index contributed by atoms with van der Waals surface area (Å²) in [7, 11) is 0. The van der Waals surface area contributed by atoms with Gasteiger partial charge in [-0.1, -0.05) is 41.4 Å². The number of thioether (sulfide) groups is 1. The van der Waals surface area contributed by atoms with Crippen molar-refractivity contribution in [3.05, 3.63) is 64.1 Å². The third-order valence-electron chi connectivity index (χ3n) is 2.31. The molecule has 92 valence electrons. The van der Waals surface area contributed by atoms with Crippen molar-refractivity contribution >= 4 is 40.7 Å². The zero-order valence-electron chi connectivity index (χ0n) is 9.40. The summed E-state index contributed by atoms with van der Waals surface area (Å²) in [4.78, 5) is 12.9. The minimum absolute atomic E-state index is 0.0578. The fourth-order valence-corrected chi connectivity index (χ4v) is 2.75. The standard InChI is InChI=1S/C14H10Cl2OS/c15-11-4-1-3-10(7-11)14(17)9-18-13-6-2-5-12(16)8-13/h1-8H,9H2. The molecule has 0 fully saturated rings. The summed E-state index contributed by atoms with van der Waals surface area (Å²) in [6, 6.07) is 14.4. The quantitative estimate of drug-likeness (QED) is 0.585. The van der Waals surface area contributed by atoms with Crippen LogP contribution in [0.2, 0.25) is 10.0 Å². The van der Waals surface area contributed by atoms with E-state index in [-0.39, 0.29) is 5.78 Å². The van der Waals surface area contributed by atoms with E-state index in [1.54, 1.807) is 24.3 Å². The summed E-state index contributed by atoms with van der Waals surface area (Å²) >= 11 is 13.2. The van der Waals surface area contributed by atoms with E-state index in [0.717, 1.165) is 4.90 Å². The van der Waals surface area contributed by atoms with Crippen molar-refractivity contribution in [2.24, 2.45) is 0 Å². The maximum Gasteiger partial charge on any atom is 0.173 e. The van der Waals surface area contributed by atoms with Gasteiger partial charge in [-0.3, -0.25) is 4.79 Å². The SMILES string of the molecule is O=C(CSc1cccc(Cl)c1)c1cccc(Cl)c1. The van der Waals surface area contributed by atoms with Gasteiger partial charge in [0.2, 0.25) is 0 Å². The van der Waals surface area contributed by atoms with Crippen LogP contribution in [0.1, 0.15) is 10.4 Å². The molecule has 18 heavy (non-hydrogen) atoms. The van der Waals surface area contributed by atoms with Gasteiger partial charge in [0.25, 0.3) is 0 Å². The molecule has 2 rings (SSSR count). The highest BCUT2D eigenvalue weighted by Gasteiger charge is 2.07. The molecule has 0 amide bonds. The van der Waals surface area contributed by atoms with E-state index < -0.39 is 0 Å². The highest BCUT2D eigenvalue weighted by molar-refractivity contribution is 8.00. The molecule has 0 aromatic heterocycles. The maximum absolute atomic E-state index is 11.9. The third-order valence-corrected chi connectivity index (χ3v) is 3.78. The Bertz CT molecular complexity index is 569. The number of benzene rings is 2. The second kappa shape index (κ2) is 6.28. The molecule has 0 heterocycles. The van der Waals surface area contributed by atoms with Gasteiger partial charge in [0.05, 0.1) is 5.75 Å². The van der Waals surface area contributed by atoms with E-state index in [0.29, 0.717) is 21.4 Å². The Kier molecular flexibility index (Phi) is 4.70. The third kappa shape index (κ3) is 3.77. The number of hydrogen-bond donors (Lipinski definition) is 0. The zero-order valence-corrected chi connectivity index (χ0v) is 11.7. The van der Waals surface area contributed by atoms with Crippen LogP contribution in [0.5, 0.6) is 0 Å². The van der Waals surface area contributed by atoms with Gasteiger partial charge in [0, 0.05) is 20.5 Å². The molecule has 0 unspecified atom stereocenters. The van der Waals surface area contributed by atoms with Gasteiger partial charge in [0.1, 0.15) is 0 Å². The summed E-state index contributed by atoms with van der Waals surface area (Å²) < 4.78 is 0. The van der Waals surface area contributed by atoms with Crippen molar-refractivity contribution in [1.29, 1.82) is 0 Å². The molecule has 0 N–H and O–H groups in total. The Morgan fingerprint density at radius 2 is 1.67 bits per heavy atom. The van der Waals surface area contributed by atoms with Crippen LogP contribution >= 0.6 is 35.0 Å². The number of carbonyl (C=O) groups excluding carboxylic acids is 1. The van der Waals surface area contributed by atoms with Crippen molar-refractivity contribution in [3.63, 3.8) is 0 Å². The summed E-state index contributed by atoms with van der Waals surface area (Å²) in [5.41, 5.74) is 0.636. The number of ketones is 1. The molecule has 0 atom stereocenters. The van der Waals surface area contributed by atoms with Gasteiger partial charge in [-0.05, 0) is 30.3 Å². The van der Waals surface area contributed by atoms with Crippen molar-refractivity contribution in [2.75, 3.05) is 5.75 Å². The monoisotopic (exact) mass is 296 g/mol. The topological polar surface area (TPSA) is 17.1 Å². The Balaban J connectivity index is 2.00. The van der Waals surface area contributed by atoms with Crippen LogP contribution in [0, 0.1) is 0 Å². The van der Waals surface area contributed by atoms with Crippen LogP contribution in [0.4, 0.5) is 0 Å². The lowest BCUT2D eigenvalue weighted by molar-refractivity contribution is 0.102. The molecular formula is C14H10Cl2OS. The minimum atomic E-state index is 0.0578. The van der Waals surface area contributed by atoms with Crippen LogP contribution in [-0.2, 0) is 0 Å². The van der Waals surface area contributed by atoms with Gasteiger partial charge in [-0.2, -0.15) is 0 Å². The van der Waals surface area contributed by atoms with Crippen LogP contribution in [0.25, 0.3) is 0 Å². The number of halogens is 2. The van der Waals surface area contributed by atoms with Crippen LogP contribution < -0.4 is 0 Å². The van der Waals surface area contributed by atoms with Gasteiger partial charge in [-0.25, -0.2) is 0 Å². The predicted molar refractivity (Wildman–Crippen MR) is 78.0 cm³/mol. The van der Waals surface area contributed by atoms with Crippen LogP contribution in [-0.4, -0.2) is 11.5 Å². The number of carbonyl (C=O) groups is 1. The van der Waals surface area contributed by atoms with Crippen molar-refractivity contribution in [2.45, 2.75) is 4.90 Å². The summed E-state index contributed by atoms with van der Waals surface area (Å²) in [6.45, 7) is 0. The Morgan fingerprint density at radius 1 is 1.00 bits per heavy atom. The fourth-order valence-electron chi connectivity index (χ4n) is 1.45. The van der Waals surface area contributed by atoms with E-state index in [4.69, 9.17) is 23.2 Å². The molecule has 0 saturated carbocycles. The van der Waals surface area contributed by atoms with Crippen molar-refractivity contribution in [3.8, 4) is 0 Å². The maximum atomic E-state index is 11.9. The van der Waals surface area contributed by atoms with E-state index in [1.165, 1.54) is 11.8 Å². The summed E-state index contributed by atoms with van der Waals surface area (Å²) in [6.07, 6.45) is 0. The molecule has 2 aromatic carbocycles. The molecule has 0 saturated heterocycles. The van der Waals surface area contributed by atoms with Crippen LogP contribution in [0.3, 0.4) is 0 Å². The molecule has 0 aliphatic rings. The second-order valence-corrected chi connectivity index (χ2v) is 5.60. The van der Waals surface area contributed by atoms with E-state index >= 15 is 0 Å². The first-order chi connectivity index (χ1) is 8.65. The number of rotatable bonds is 4. The molecule has 0 bridgehead atoms. The Labute approximate surface area is 120 Å². The molecule has 0 spiro atoms.